The number of hydrogen-bond donors (Lipinski definition) is 1. The maximum absolute atomic E-state index is 9.34. The molecule has 1 N–H and O–H groups in total. The van der Waals surface area contributed by atoms with Crippen LogP contribution < -0.4 is 0 Å². The molecule has 1 aliphatic heterocycles. The maximum atomic E-state index is 9.34. The molecule has 1 aromatic carbocycles. The second-order valence-electron chi connectivity index (χ2n) is 5.07. The lowest BCUT2D eigenvalue weighted by atomic mass is 9.90. The van der Waals surface area contributed by atoms with Crippen LogP contribution >= 0.6 is 11.8 Å². The third-order valence-electron chi connectivity index (χ3n) is 3.32. The van der Waals surface area contributed by atoms with Crippen molar-refractivity contribution >= 4 is 11.8 Å². The molecule has 0 spiro atoms. The van der Waals surface area contributed by atoms with E-state index in [0.717, 1.165) is 11.5 Å². The fourth-order valence-corrected chi connectivity index (χ4v) is 3.27. The molecule has 0 aromatic heterocycles. The lowest BCUT2D eigenvalue weighted by Gasteiger charge is -2.39. The number of thioether (sulfide) groups is 1. The molecule has 1 aliphatic rings. The molecule has 0 saturated carbocycles. The first-order valence-electron chi connectivity index (χ1n) is 5.98. The Morgan fingerprint density at radius 2 is 2.12 bits per heavy atom. The van der Waals surface area contributed by atoms with Gasteiger partial charge in [-0.1, -0.05) is 23.8 Å². The third-order valence-corrected chi connectivity index (χ3v) is 4.65. The van der Waals surface area contributed by atoms with E-state index in [0.29, 0.717) is 13.2 Å². The summed E-state index contributed by atoms with van der Waals surface area (Å²) >= 11 is 1.90. The number of benzene rings is 1. The first kappa shape index (κ1) is 12.9. The van der Waals surface area contributed by atoms with Crippen LogP contribution in [-0.4, -0.2) is 30.7 Å². The van der Waals surface area contributed by atoms with E-state index in [1.54, 1.807) is 0 Å². The highest BCUT2D eigenvalue weighted by Gasteiger charge is 2.37. The average Bonchev–Trinajstić information content (AvgIpc) is 2.27. The van der Waals surface area contributed by atoms with Gasteiger partial charge in [0.15, 0.2) is 0 Å². The Morgan fingerprint density at radius 3 is 2.71 bits per heavy atom. The number of aryl methyl sites for hydroxylation is 2. The van der Waals surface area contributed by atoms with Crippen LogP contribution in [0.3, 0.4) is 0 Å². The summed E-state index contributed by atoms with van der Waals surface area (Å²) in [6.07, 6.45) is 0. The fraction of sp³-hybridized carbons (Fsp3) is 0.571. The lowest BCUT2D eigenvalue weighted by Crippen LogP contribution is -2.47. The SMILES string of the molecule is Cc1ccc(C)c(CSCC2(CO)COC2)c1. The quantitative estimate of drug-likeness (QED) is 0.873. The van der Waals surface area contributed by atoms with Crippen molar-refractivity contribution in [2.45, 2.75) is 19.6 Å². The molecular formula is C14H20O2S. The Kier molecular flexibility index (Phi) is 4.13. The van der Waals surface area contributed by atoms with Crippen LogP contribution in [0, 0.1) is 19.3 Å². The van der Waals surface area contributed by atoms with Crippen LogP contribution in [0.2, 0.25) is 0 Å². The van der Waals surface area contributed by atoms with Crippen molar-refractivity contribution < 1.29 is 9.84 Å². The summed E-state index contributed by atoms with van der Waals surface area (Å²) in [4.78, 5) is 0. The normalized spacial score (nSPS) is 17.8. The minimum absolute atomic E-state index is 0.0302. The zero-order chi connectivity index (χ0) is 12.3. The zero-order valence-corrected chi connectivity index (χ0v) is 11.3. The largest absolute Gasteiger partial charge is 0.396 e. The molecule has 1 heterocycles. The highest BCUT2D eigenvalue weighted by atomic mass is 32.2. The number of rotatable bonds is 5. The number of hydrogen-bond acceptors (Lipinski definition) is 3. The van der Waals surface area contributed by atoms with Gasteiger partial charge >= 0.3 is 0 Å². The second-order valence-corrected chi connectivity index (χ2v) is 6.06. The predicted octanol–water partition coefficient (Wildman–Crippen LogP) is 2.55. The van der Waals surface area contributed by atoms with E-state index in [1.165, 1.54) is 16.7 Å². The van der Waals surface area contributed by atoms with Gasteiger partial charge in [-0.15, -0.1) is 0 Å². The highest BCUT2D eigenvalue weighted by molar-refractivity contribution is 7.98. The molecule has 1 saturated heterocycles. The molecule has 2 rings (SSSR count). The monoisotopic (exact) mass is 252 g/mol. The molecule has 3 heteroatoms. The van der Waals surface area contributed by atoms with Crippen molar-refractivity contribution in [1.82, 2.24) is 0 Å². The van der Waals surface area contributed by atoms with Crippen LogP contribution in [0.15, 0.2) is 18.2 Å². The van der Waals surface area contributed by atoms with Crippen LogP contribution in [0.25, 0.3) is 0 Å². The molecule has 1 aromatic rings. The highest BCUT2D eigenvalue weighted by Crippen LogP contribution is 2.32. The van der Waals surface area contributed by atoms with E-state index in [4.69, 9.17) is 4.74 Å². The van der Waals surface area contributed by atoms with E-state index in [2.05, 4.69) is 32.0 Å². The van der Waals surface area contributed by atoms with Gasteiger partial charge in [-0.2, -0.15) is 11.8 Å². The van der Waals surface area contributed by atoms with Crippen molar-refractivity contribution in [3.63, 3.8) is 0 Å². The molecule has 0 amide bonds. The molecule has 0 aliphatic carbocycles. The van der Waals surface area contributed by atoms with Gasteiger partial charge in [0, 0.05) is 16.9 Å². The molecule has 0 radical (unpaired) electrons. The standard InChI is InChI=1S/C14H20O2S/c1-11-3-4-12(2)13(5-11)6-17-10-14(7-15)8-16-9-14/h3-5,15H,6-10H2,1-2H3. The Balaban J connectivity index is 1.87. The Labute approximate surface area is 107 Å². The van der Waals surface area contributed by atoms with Gasteiger partial charge in [-0.25, -0.2) is 0 Å². The van der Waals surface area contributed by atoms with Crippen LogP contribution in [-0.2, 0) is 10.5 Å². The number of aliphatic hydroxyl groups is 1. The Morgan fingerprint density at radius 1 is 1.35 bits per heavy atom. The molecule has 2 nitrogen and oxygen atoms in total. The summed E-state index contributed by atoms with van der Waals surface area (Å²) in [6.45, 7) is 5.95. The first-order valence-corrected chi connectivity index (χ1v) is 7.13. The van der Waals surface area contributed by atoms with Crippen LogP contribution in [0.5, 0.6) is 0 Å². The summed E-state index contributed by atoms with van der Waals surface area (Å²) in [5.74, 6) is 2.01. The van der Waals surface area contributed by atoms with Gasteiger partial charge in [-0.3, -0.25) is 0 Å². The zero-order valence-electron chi connectivity index (χ0n) is 10.5. The number of ether oxygens (including phenoxy) is 1. The van der Waals surface area contributed by atoms with Crippen LogP contribution in [0.1, 0.15) is 16.7 Å². The summed E-state index contributed by atoms with van der Waals surface area (Å²) in [6, 6.07) is 6.59. The minimum atomic E-state index is 0.0302. The molecule has 94 valence electrons. The lowest BCUT2D eigenvalue weighted by molar-refractivity contribution is -0.121. The molecule has 0 unspecified atom stereocenters. The van der Waals surface area contributed by atoms with E-state index < -0.39 is 0 Å². The maximum Gasteiger partial charge on any atom is 0.0575 e. The van der Waals surface area contributed by atoms with Crippen molar-refractivity contribution in [2.24, 2.45) is 5.41 Å². The minimum Gasteiger partial charge on any atom is -0.396 e. The summed E-state index contributed by atoms with van der Waals surface area (Å²) in [7, 11) is 0. The first-order chi connectivity index (χ1) is 8.15. The molecular weight excluding hydrogens is 232 g/mol. The Bertz CT molecular complexity index is 380. The van der Waals surface area contributed by atoms with Gasteiger partial charge in [0.25, 0.3) is 0 Å². The van der Waals surface area contributed by atoms with E-state index >= 15 is 0 Å². The van der Waals surface area contributed by atoms with E-state index in [1.807, 2.05) is 11.8 Å². The summed E-state index contributed by atoms with van der Waals surface area (Å²) in [5.41, 5.74) is 4.10. The third kappa shape index (κ3) is 3.03. The van der Waals surface area contributed by atoms with Gasteiger partial charge in [0.1, 0.15) is 0 Å². The summed E-state index contributed by atoms with van der Waals surface area (Å²) < 4.78 is 5.20. The van der Waals surface area contributed by atoms with Gasteiger partial charge in [-0.05, 0) is 25.0 Å². The van der Waals surface area contributed by atoms with Crippen molar-refractivity contribution in [1.29, 1.82) is 0 Å². The van der Waals surface area contributed by atoms with Gasteiger partial charge < -0.3 is 9.84 Å². The second kappa shape index (κ2) is 5.42. The Hall–Kier alpha value is -0.510. The van der Waals surface area contributed by atoms with Crippen molar-refractivity contribution in [3.8, 4) is 0 Å². The predicted molar refractivity (Wildman–Crippen MR) is 72.4 cm³/mol. The topological polar surface area (TPSA) is 29.5 Å². The smallest absolute Gasteiger partial charge is 0.0575 e. The average molecular weight is 252 g/mol. The van der Waals surface area contributed by atoms with Crippen molar-refractivity contribution in [3.05, 3.63) is 34.9 Å². The molecule has 0 atom stereocenters. The van der Waals surface area contributed by atoms with Crippen LogP contribution in [0.4, 0.5) is 0 Å². The van der Waals surface area contributed by atoms with E-state index in [9.17, 15) is 5.11 Å². The molecule has 17 heavy (non-hydrogen) atoms. The van der Waals surface area contributed by atoms with E-state index in [-0.39, 0.29) is 12.0 Å². The van der Waals surface area contributed by atoms with Gasteiger partial charge in [0.2, 0.25) is 0 Å². The summed E-state index contributed by atoms with van der Waals surface area (Å²) in [5, 5.41) is 9.34. The molecule has 0 bridgehead atoms. The molecule has 1 fully saturated rings. The fourth-order valence-electron chi connectivity index (χ4n) is 1.94. The number of aliphatic hydroxyl groups excluding tert-OH is 1. The van der Waals surface area contributed by atoms with Crippen molar-refractivity contribution in [2.75, 3.05) is 25.6 Å². The van der Waals surface area contributed by atoms with Gasteiger partial charge in [0.05, 0.1) is 19.8 Å².